The predicted molar refractivity (Wildman–Crippen MR) is 71.6 cm³/mol. The first kappa shape index (κ1) is 13.3. The van der Waals surface area contributed by atoms with Gasteiger partial charge in [0.15, 0.2) is 5.82 Å². The molecule has 0 bridgehead atoms. The Balaban J connectivity index is 2.50. The molecule has 5 nitrogen and oxygen atoms in total. The Morgan fingerprint density at radius 1 is 1.42 bits per heavy atom. The summed E-state index contributed by atoms with van der Waals surface area (Å²) < 4.78 is 6.48. The molecule has 0 aromatic carbocycles. The Morgan fingerprint density at radius 2 is 2.16 bits per heavy atom. The van der Waals surface area contributed by atoms with E-state index in [4.69, 9.17) is 4.74 Å². The third kappa shape index (κ3) is 2.36. The van der Waals surface area contributed by atoms with Gasteiger partial charge in [-0.15, -0.1) is 0 Å². The molecule has 0 aliphatic heterocycles. The normalized spacial score (nSPS) is 10.5. The van der Waals surface area contributed by atoms with Crippen molar-refractivity contribution in [2.45, 2.75) is 27.2 Å². The molecule has 2 heterocycles. The van der Waals surface area contributed by atoms with Crippen LogP contribution in [0.1, 0.15) is 34.2 Å². The maximum atomic E-state index is 11.5. The number of ether oxygens (including phenoxy) is 1. The molecule has 0 spiro atoms. The number of pyridine rings is 1. The van der Waals surface area contributed by atoms with Crippen LogP contribution >= 0.6 is 0 Å². The van der Waals surface area contributed by atoms with E-state index in [0.717, 1.165) is 17.8 Å². The highest BCUT2D eigenvalue weighted by atomic mass is 16.5. The van der Waals surface area contributed by atoms with Gasteiger partial charge in [0.25, 0.3) is 0 Å². The van der Waals surface area contributed by atoms with Crippen molar-refractivity contribution in [1.82, 2.24) is 14.8 Å². The molecular weight excluding hydrogens is 242 g/mol. The van der Waals surface area contributed by atoms with Crippen molar-refractivity contribution in [1.29, 1.82) is 0 Å². The summed E-state index contributed by atoms with van der Waals surface area (Å²) in [6.45, 7) is 6.08. The Kier molecular flexibility index (Phi) is 3.64. The van der Waals surface area contributed by atoms with Gasteiger partial charge in [-0.05, 0) is 38.0 Å². The summed E-state index contributed by atoms with van der Waals surface area (Å²) >= 11 is 0. The molecule has 0 N–H and O–H groups in total. The fourth-order valence-electron chi connectivity index (χ4n) is 2.19. The lowest BCUT2D eigenvalue weighted by atomic mass is 10.1. The topological polar surface area (TPSA) is 57.0 Å². The zero-order chi connectivity index (χ0) is 14.0. The lowest BCUT2D eigenvalue weighted by Gasteiger charge is -2.05. The SMILES string of the molecule is CCc1c(C)nn(-c2cc(C(=O)OC)ccn2)c1C. The minimum absolute atomic E-state index is 0.374. The van der Waals surface area contributed by atoms with Crippen LogP contribution in [-0.2, 0) is 11.2 Å². The highest BCUT2D eigenvalue weighted by molar-refractivity contribution is 5.89. The molecule has 0 unspecified atom stereocenters. The van der Waals surface area contributed by atoms with E-state index in [1.807, 2.05) is 13.8 Å². The minimum Gasteiger partial charge on any atom is -0.465 e. The number of carbonyl (C=O) groups excluding carboxylic acids is 1. The van der Waals surface area contributed by atoms with Crippen LogP contribution in [0.3, 0.4) is 0 Å². The average molecular weight is 259 g/mol. The first-order valence-electron chi connectivity index (χ1n) is 6.18. The van der Waals surface area contributed by atoms with E-state index in [1.165, 1.54) is 12.7 Å². The second-order valence-corrected chi connectivity index (χ2v) is 4.31. The van der Waals surface area contributed by atoms with E-state index in [9.17, 15) is 4.79 Å². The Labute approximate surface area is 112 Å². The zero-order valence-corrected chi connectivity index (χ0v) is 11.6. The van der Waals surface area contributed by atoms with Gasteiger partial charge in [0.2, 0.25) is 0 Å². The smallest absolute Gasteiger partial charge is 0.338 e. The highest BCUT2D eigenvalue weighted by Gasteiger charge is 2.13. The summed E-state index contributed by atoms with van der Waals surface area (Å²) in [7, 11) is 1.36. The first-order valence-corrected chi connectivity index (χ1v) is 6.18. The van der Waals surface area contributed by atoms with Gasteiger partial charge in [-0.1, -0.05) is 6.92 Å². The fourth-order valence-corrected chi connectivity index (χ4v) is 2.19. The van der Waals surface area contributed by atoms with Gasteiger partial charge in [0.05, 0.1) is 18.4 Å². The molecule has 5 heteroatoms. The van der Waals surface area contributed by atoms with Gasteiger partial charge >= 0.3 is 5.97 Å². The Bertz CT molecular complexity index is 617. The van der Waals surface area contributed by atoms with Gasteiger partial charge in [-0.25, -0.2) is 14.5 Å². The lowest BCUT2D eigenvalue weighted by molar-refractivity contribution is 0.0600. The number of esters is 1. The van der Waals surface area contributed by atoms with Crippen LogP contribution in [0.5, 0.6) is 0 Å². The van der Waals surface area contributed by atoms with Crippen molar-refractivity contribution in [3.8, 4) is 5.82 Å². The van der Waals surface area contributed by atoms with Crippen LogP contribution in [0, 0.1) is 13.8 Å². The number of methoxy groups -OCH3 is 1. The number of nitrogens with zero attached hydrogens (tertiary/aromatic N) is 3. The molecule has 2 rings (SSSR count). The fraction of sp³-hybridized carbons (Fsp3) is 0.357. The molecule has 0 fully saturated rings. The number of carbonyl (C=O) groups is 1. The molecule has 0 aliphatic rings. The van der Waals surface area contributed by atoms with Crippen molar-refractivity contribution < 1.29 is 9.53 Å². The van der Waals surface area contributed by atoms with E-state index >= 15 is 0 Å². The second-order valence-electron chi connectivity index (χ2n) is 4.31. The Hall–Kier alpha value is -2.17. The number of hydrogen-bond acceptors (Lipinski definition) is 4. The third-order valence-electron chi connectivity index (χ3n) is 3.18. The van der Waals surface area contributed by atoms with Crippen molar-refractivity contribution in [3.63, 3.8) is 0 Å². The van der Waals surface area contributed by atoms with Crippen molar-refractivity contribution >= 4 is 5.97 Å². The molecule has 19 heavy (non-hydrogen) atoms. The molecule has 2 aromatic rings. The van der Waals surface area contributed by atoms with E-state index in [0.29, 0.717) is 11.4 Å². The van der Waals surface area contributed by atoms with Gasteiger partial charge in [-0.3, -0.25) is 0 Å². The van der Waals surface area contributed by atoms with Crippen LogP contribution in [0.4, 0.5) is 0 Å². The van der Waals surface area contributed by atoms with Gasteiger partial charge in [-0.2, -0.15) is 5.10 Å². The first-order chi connectivity index (χ1) is 9.08. The van der Waals surface area contributed by atoms with E-state index in [-0.39, 0.29) is 5.97 Å². The van der Waals surface area contributed by atoms with Gasteiger partial charge in [0.1, 0.15) is 0 Å². The van der Waals surface area contributed by atoms with Crippen molar-refractivity contribution in [2.24, 2.45) is 0 Å². The summed E-state index contributed by atoms with van der Waals surface area (Å²) in [6, 6.07) is 3.31. The molecule has 0 saturated heterocycles. The number of rotatable bonds is 3. The highest BCUT2D eigenvalue weighted by Crippen LogP contribution is 2.17. The number of aryl methyl sites for hydroxylation is 1. The Morgan fingerprint density at radius 3 is 2.74 bits per heavy atom. The second kappa shape index (κ2) is 5.22. The lowest BCUT2D eigenvalue weighted by Crippen LogP contribution is -2.06. The van der Waals surface area contributed by atoms with E-state index in [1.54, 1.807) is 23.0 Å². The molecule has 2 aromatic heterocycles. The minimum atomic E-state index is -0.374. The van der Waals surface area contributed by atoms with Crippen LogP contribution < -0.4 is 0 Å². The van der Waals surface area contributed by atoms with Gasteiger partial charge < -0.3 is 4.74 Å². The summed E-state index contributed by atoms with van der Waals surface area (Å²) in [5.41, 5.74) is 3.73. The van der Waals surface area contributed by atoms with Crippen LogP contribution in [0.25, 0.3) is 5.82 Å². The van der Waals surface area contributed by atoms with E-state index in [2.05, 4.69) is 17.0 Å². The van der Waals surface area contributed by atoms with Gasteiger partial charge in [0, 0.05) is 11.9 Å². The van der Waals surface area contributed by atoms with Crippen LogP contribution in [0.2, 0.25) is 0 Å². The summed E-state index contributed by atoms with van der Waals surface area (Å²) in [4.78, 5) is 15.8. The molecule has 0 radical (unpaired) electrons. The molecule has 100 valence electrons. The quantitative estimate of drug-likeness (QED) is 0.793. The molecule has 0 aliphatic carbocycles. The van der Waals surface area contributed by atoms with E-state index < -0.39 is 0 Å². The predicted octanol–water partition coefficient (Wildman–Crippen LogP) is 2.23. The molecule has 0 saturated carbocycles. The van der Waals surface area contributed by atoms with Crippen molar-refractivity contribution in [2.75, 3.05) is 7.11 Å². The summed E-state index contributed by atoms with van der Waals surface area (Å²) in [5, 5.41) is 4.48. The maximum Gasteiger partial charge on any atom is 0.338 e. The number of hydrogen-bond donors (Lipinski definition) is 0. The number of aromatic nitrogens is 3. The maximum absolute atomic E-state index is 11.5. The largest absolute Gasteiger partial charge is 0.465 e. The average Bonchev–Trinajstić information content (AvgIpc) is 2.72. The molecule has 0 amide bonds. The standard InChI is InChI=1S/C14H17N3O2/c1-5-12-9(2)16-17(10(12)3)13-8-11(6-7-15-13)14(18)19-4/h6-8H,5H2,1-4H3. The van der Waals surface area contributed by atoms with Crippen molar-refractivity contribution in [3.05, 3.63) is 40.8 Å². The monoisotopic (exact) mass is 259 g/mol. The van der Waals surface area contributed by atoms with Crippen LogP contribution in [0.15, 0.2) is 18.3 Å². The summed E-state index contributed by atoms with van der Waals surface area (Å²) in [6.07, 6.45) is 2.51. The third-order valence-corrected chi connectivity index (χ3v) is 3.18. The zero-order valence-electron chi connectivity index (χ0n) is 11.6. The molecule has 0 atom stereocenters. The van der Waals surface area contributed by atoms with Crippen LogP contribution in [-0.4, -0.2) is 27.8 Å². The molecular formula is C14H17N3O2. The summed E-state index contributed by atoms with van der Waals surface area (Å²) in [5.74, 6) is 0.254.